The number of rotatable bonds is 10. The Balaban J connectivity index is 1.95. The largest absolute Gasteiger partial charge is 0.497 e. The van der Waals surface area contributed by atoms with Gasteiger partial charge in [0, 0.05) is 5.56 Å². The van der Waals surface area contributed by atoms with Crippen molar-refractivity contribution >= 4 is 32.6 Å². The number of hydrogen-bond donors (Lipinski definition) is 1. The number of methoxy groups -OCH3 is 1. The highest BCUT2D eigenvalue weighted by atomic mass is 32.1. The number of nitrogens with zero attached hydrogens (tertiary/aromatic N) is 2. The third-order valence-electron chi connectivity index (χ3n) is 5.14. The third-order valence-corrected chi connectivity index (χ3v) is 6.18. The van der Waals surface area contributed by atoms with E-state index >= 15 is 0 Å². The van der Waals surface area contributed by atoms with E-state index in [4.69, 9.17) is 14.5 Å². The molecule has 0 fully saturated rings. The summed E-state index contributed by atoms with van der Waals surface area (Å²) >= 11 is 1.52. The SMILES string of the molecule is CCOc1ccc2nc(N(CC[NH+](CC)CC)C(=O)c3cccc(OC)c3)sc2c1. The maximum Gasteiger partial charge on any atom is 0.260 e. The van der Waals surface area contributed by atoms with E-state index in [1.165, 1.54) is 16.2 Å². The predicted molar refractivity (Wildman–Crippen MR) is 122 cm³/mol. The molecule has 160 valence electrons. The van der Waals surface area contributed by atoms with Gasteiger partial charge < -0.3 is 14.4 Å². The monoisotopic (exact) mass is 428 g/mol. The number of quaternary nitrogens is 1. The fraction of sp³-hybridized carbons (Fsp3) is 0.391. The molecule has 1 aromatic heterocycles. The van der Waals surface area contributed by atoms with Gasteiger partial charge in [0.25, 0.3) is 5.91 Å². The Morgan fingerprint density at radius 2 is 1.90 bits per heavy atom. The summed E-state index contributed by atoms with van der Waals surface area (Å²) in [4.78, 5) is 21.5. The normalized spacial score (nSPS) is 11.1. The first kappa shape index (κ1) is 22.1. The molecule has 1 N–H and O–H groups in total. The molecule has 1 amide bonds. The molecule has 2 aromatic carbocycles. The van der Waals surface area contributed by atoms with Gasteiger partial charge in [0.1, 0.15) is 11.5 Å². The van der Waals surface area contributed by atoms with Gasteiger partial charge in [-0.3, -0.25) is 9.69 Å². The lowest BCUT2D eigenvalue weighted by Gasteiger charge is -2.23. The van der Waals surface area contributed by atoms with Crippen LogP contribution in [0.15, 0.2) is 42.5 Å². The Labute approximate surface area is 182 Å². The minimum Gasteiger partial charge on any atom is -0.497 e. The van der Waals surface area contributed by atoms with E-state index in [0.29, 0.717) is 29.6 Å². The zero-order valence-electron chi connectivity index (χ0n) is 18.1. The Bertz CT molecular complexity index is 985. The van der Waals surface area contributed by atoms with Crippen LogP contribution in [0.25, 0.3) is 10.2 Å². The summed E-state index contributed by atoms with van der Waals surface area (Å²) in [6.07, 6.45) is 0. The lowest BCUT2D eigenvalue weighted by atomic mass is 10.2. The fourth-order valence-corrected chi connectivity index (χ4v) is 4.35. The van der Waals surface area contributed by atoms with Crippen LogP contribution in [0.4, 0.5) is 5.13 Å². The van der Waals surface area contributed by atoms with Crippen LogP contribution in [0, 0.1) is 0 Å². The summed E-state index contributed by atoms with van der Waals surface area (Å²) in [5.41, 5.74) is 1.47. The Kier molecular flexibility index (Phi) is 7.65. The smallest absolute Gasteiger partial charge is 0.260 e. The molecule has 0 saturated heterocycles. The van der Waals surface area contributed by atoms with E-state index in [9.17, 15) is 4.79 Å². The number of carbonyl (C=O) groups is 1. The van der Waals surface area contributed by atoms with Crippen molar-refractivity contribution in [3.8, 4) is 11.5 Å². The first-order valence-electron chi connectivity index (χ1n) is 10.4. The van der Waals surface area contributed by atoms with E-state index in [2.05, 4.69) is 13.8 Å². The molecule has 0 aliphatic carbocycles. The summed E-state index contributed by atoms with van der Waals surface area (Å²) in [6, 6.07) is 13.1. The number of thiazole rings is 1. The summed E-state index contributed by atoms with van der Waals surface area (Å²) in [6.45, 7) is 10.4. The van der Waals surface area contributed by atoms with Gasteiger partial charge in [-0.15, -0.1) is 0 Å². The van der Waals surface area contributed by atoms with E-state index in [0.717, 1.165) is 35.6 Å². The maximum absolute atomic E-state index is 13.5. The van der Waals surface area contributed by atoms with Crippen LogP contribution in [0.5, 0.6) is 11.5 Å². The van der Waals surface area contributed by atoms with Crippen molar-refractivity contribution in [2.75, 3.05) is 44.8 Å². The van der Waals surface area contributed by atoms with Gasteiger partial charge in [-0.1, -0.05) is 17.4 Å². The summed E-state index contributed by atoms with van der Waals surface area (Å²) in [5.74, 6) is 1.42. The zero-order valence-corrected chi connectivity index (χ0v) is 18.9. The quantitative estimate of drug-likeness (QED) is 0.539. The van der Waals surface area contributed by atoms with Crippen LogP contribution >= 0.6 is 11.3 Å². The number of ether oxygens (including phenoxy) is 2. The Morgan fingerprint density at radius 1 is 1.10 bits per heavy atom. The predicted octanol–water partition coefficient (Wildman–Crippen LogP) is 3.28. The van der Waals surface area contributed by atoms with E-state index in [-0.39, 0.29) is 5.91 Å². The fourth-order valence-electron chi connectivity index (χ4n) is 3.33. The molecule has 0 aliphatic heterocycles. The van der Waals surface area contributed by atoms with Gasteiger partial charge in [-0.25, -0.2) is 4.98 Å². The highest BCUT2D eigenvalue weighted by molar-refractivity contribution is 7.22. The van der Waals surface area contributed by atoms with E-state index in [1.54, 1.807) is 18.1 Å². The van der Waals surface area contributed by atoms with Gasteiger partial charge in [-0.2, -0.15) is 0 Å². The number of likely N-dealkylation sites (N-methyl/N-ethyl adjacent to an activating group) is 1. The number of benzene rings is 2. The molecule has 3 rings (SSSR count). The minimum absolute atomic E-state index is 0.0652. The lowest BCUT2D eigenvalue weighted by Crippen LogP contribution is -3.12. The average Bonchev–Trinajstić information content (AvgIpc) is 3.19. The third kappa shape index (κ3) is 5.09. The maximum atomic E-state index is 13.5. The van der Waals surface area contributed by atoms with Crippen molar-refractivity contribution in [2.24, 2.45) is 0 Å². The minimum atomic E-state index is -0.0652. The van der Waals surface area contributed by atoms with Crippen molar-refractivity contribution in [3.05, 3.63) is 48.0 Å². The van der Waals surface area contributed by atoms with E-state index in [1.807, 2.05) is 43.3 Å². The molecule has 3 aromatic rings. The van der Waals surface area contributed by atoms with Crippen LogP contribution < -0.4 is 19.3 Å². The standard InChI is InChI=1S/C23H29N3O3S/c1-5-25(6-2)13-14-26(22(27)17-9-8-10-18(15-17)28-4)23-24-20-12-11-19(29-7-3)16-21(20)30-23/h8-12,15-16H,5-7,13-14H2,1-4H3/p+1. The molecule has 0 unspecified atom stereocenters. The summed E-state index contributed by atoms with van der Waals surface area (Å²) in [7, 11) is 1.61. The first-order valence-corrected chi connectivity index (χ1v) is 11.2. The highest BCUT2D eigenvalue weighted by Gasteiger charge is 2.23. The number of aromatic nitrogens is 1. The van der Waals surface area contributed by atoms with Crippen LogP contribution in [0.3, 0.4) is 0 Å². The van der Waals surface area contributed by atoms with Gasteiger partial charge in [0.15, 0.2) is 5.13 Å². The van der Waals surface area contributed by atoms with E-state index < -0.39 is 0 Å². The van der Waals surface area contributed by atoms with Crippen LogP contribution in [0.1, 0.15) is 31.1 Å². The second-order valence-corrected chi connectivity index (χ2v) is 7.96. The first-order chi connectivity index (χ1) is 14.6. The molecule has 0 spiro atoms. The van der Waals surface area contributed by atoms with Crippen molar-refractivity contribution in [1.82, 2.24) is 4.98 Å². The van der Waals surface area contributed by atoms with Crippen LogP contribution in [0.2, 0.25) is 0 Å². The highest BCUT2D eigenvalue weighted by Crippen LogP contribution is 2.32. The van der Waals surface area contributed by atoms with Crippen molar-refractivity contribution in [2.45, 2.75) is 20.8 Å². The molecule has 0 bridgehead atoms. The number of amides is 1. The lowest BCUT2D eigenvalue weighted by molar-refractivity contribution is -0.894. The molecule has 0 atom stereocenters. The molecule has 30 heavy (non-hydrogen) atoms. The summed E-state index contributed by atoms with van der Waals surface area (Å²) < 4.78 is 11.9. The topological polar surface area (TPSA) is 56.1 Å². The number of carbonyl (C=O) groups excluding carboxylic acids is 1. The summed E-state index contributed by atoms with van der Waals surface area (Å²) in [5, 5.41) is 0.707. The molecular formula is C23H30N3O3S+. The van der Waals surface area contributed by atoms with Gasteiger partial charge in [0.05, 0.1) is 50.1 Å². The van der Waals surface area contributed by atoms with Crippen molar-refractivity contribution < 1.29 is 19.2 Å². The molecule has 7 heteroatoms. The number of fused-ring (bicyclic) bond motifs is 1. The van der Waals surface area contributed by atoms with Gasteiger partial charge in [0.2, 0.25) is 0 Å². The zero-order chi connectivity index (χ0) is 21.5. The second-order valence-electron chi connectivity index (χ2n) is 6.95. The Hall–Kier alpha value is -2.64. The second kappa shape index (κ2) is 10.4. The molecule has 1 heterocycles. The van der Waals surface area contributed by atoms with Crippen molar-refractivity contribution in [3.63, 3.8) is 0 Å². The molecule has 6 nitrogen and oxygen atoms in total. The molecule has 0 radical (unpaired) electrons. The van der Waals surface area contributed by atoms with Crippen molar-refractivity contribution in [1.29, 1.82) is 0 Å². The average molecular weight is 429 g/mol. The van der Waals surface area contributed by atoms with Crippen LogP contribution in [-0.4, -0.2) is 50.8 Å². The van der Waals surface area contributed by atoms with Crippen LogP contribution in [-0.2, 0) is 0 Å². The Morgan fingerprint density at radius 3 is 2.60 bits per heavy atom. The number of hydrogen-bond acceptors (Lipinski definition) is 5. The van der Waals surface area contributed by atoms with Gasteiger partial charge in [-0.05, 0) is 57.2 Å². The number of anilines is 1. The molecular weight excluding hydrogens is 398 g/mol. The molecule has 0 saturated carbocycles. The van der Waals surface area contributed by atoms with Gasteiger partial charge >= 0.3 is 0 Å². The molecule has 0 aliphatic rings. The number of nitrogens with one attached hydrogen (secondary N) is 1.